The second-order valence-corrected chi connectivity index (χ2v) is 14.0. The molecule has 5 aliphatic carbocycles. The van der Waals surface area contributed by atoms with Gasteiger partial charge in [-0.3, -0.25) is 9.59 Å². The van der Waals surface area contributed by atoms with Crippen molar-refractivity contribution in [2.24, 2.45) is 29.6 Å². The zero-order chi connectivity index (χ0) is 27.8. The zero-order valence-corrected chi connectivity index (χ0v) is 24.2. The van der Waals surface area contributed by atoms with Gasteiger partial charge in [0.05, 0.1) is 23.9 Å². The van der Waals surface area contributed by atoms with E-state index in [0.717, 1.165) is 38.5 Å². The largest absolute Gasteiger partial charge is 0.477 e. The van der Waals surface area contributed by atoms with Crippen molar-refractivity contribution in [3.63, 3.8) is 0 Å². The molecule has 1 heterocycles. The lowest BCUT2D eigenvalue weighted by molar-refractivity contribution is -0.137. The van der Waals surface area contributed by atoms with Crippen molar-refractivity contribution in [1.29, 1.82) is 0 Å². The summed E-state index contributed by atoms with van der Waals surface area (Å²) in [6, 6.07) is 0.0875. The Kier molecular flexibility index (Phi) is 8.14. The fraction of sp³-hybridized carbons (Fsp3) is 0.774. The number of carbonyl (C=O) groups excluding carboxylic acids is 2. The Morgan fingerprint density at radius 1 is 1.21 bits per heavy atom. The van der Waals surface area contributed by atoms with E-state index in [2.05, 4.69) is 29.6 Å². The molecule has 6 rings (SSSR count). The summed E-state index contributed by atoms with van der Waals surface area (Å²) in [7, 11) is 0. The first kappa shape index (κ1) is 28.2. The third-order valence-electron chi connectivity index (χ3n) is 9.43. The summed E-state index contributed by atoms with van der Waals surface area (Å²) >= 11 is 0. The van der Waals surface area contributed by atoms with Crippen molar-refractivity contribution in [3.05, 3.63) is 17.8 Å². The monoisotopic (exact) mass is 540 g/mol. The number of hydrogen-bond donors (Lipinski definition) is 3. The standard InChI is InChI=1S/C31H48N4O4/c1-20(2)19-39-29-25(28(37)33-27-23-13-22-14-24(27)17-31(38,15-22)16-23)18-32-35(29)12-11-30(3,4)34-26(36)10-9-21-7-5-6-8-21/h11-12,18,20-24,27,38H,5-10,13-17,19H2,1-4H3,(H,33,37)(H,34,36)/b12-11+/t22?,23?,24?,27-,31-. The van der Waals surface area contributed by atoms with Gasteiger partial charge in [-0.25, -0.2) is 4.68 Å². The highest BCUT2D eigenvalue weighted by atomic mass is 16.5. The van der Waals surface area contributed by atoms with Gasteiger partial charge in [0.2, 0.25) is 11.8 Å². The molecule has 4 bridgehead atoms. The van der Waals surface area contributed by atoms with Gasteiger partial charge in [0.25, 0.3) is 5.91 Å². The van der Waals surface area contributed by atoms with Crippen molar-refractivity contribution in [2.45, 2.75) is 116 Å². The average Bonchev–Trinajstić information content (AvgIpc) is 3.51. The predicted octanol–water partition coefficient (Wildman–Crippen LogP) is 4.92. The van der Waals surface area contributed by atoms with Crippen LogP contribution >= 0.6 is 0 Å². The topological polar surface area (TPSA) is 105 Å². The number of nitrogens with zero attached hydrogens (tertiary/aromatic N) is 2. The minimum absolute atomic E-state index is 0.0636. The van der Waals surface area contributed by atoms with E-state index in [1.54, 1.807) is 17.1 Å². The summed E-state index contributed by atoms with van der Waals surface area (Å²) in [4.78, 5) is 26.2. The van der Waals surface area contributed by atoms with E-state index in [0.29, 0.717) is 48.1 Å². The Morgan fingerprint density at radius 2 is 1.90 bits per heavy atom. The molecule has 2 amide bonds. The lowest BCUT2D eigenvalue weighted by Gasteiger charge is -2.58. The van der Waals surface area contributed by atoms with E-state index in [9.17, 15) is 14.7 Å². The van der Waals surface area contributed by atoms with Crippen LogP contribution in [0.3, 0.4) is 0 Å². The summed E-state index contributed by atoms with van der Waals surface area (Å²) in [5.41, 5.74) is -0.680. The van der Waals surface area contributed by atoms with Gasteiger partial charge in [0, 0.05) is 18.7 Å². The molecule has 3 N–H and O–H groups in total. The van der Waals surface area contributed by atoms with Crippen molar-refractivity contribution < 1.29 is 19.4 Å². The molecule has 216 valence electrons. The van der Waals surface area contributed by atoms with Crippen LogP contribution in [-0.2, 0) is 4.79 Å². The molecule has 5 saturated carbocycles. The van der Waals surface area contributed by atoms with Gasteiger partial charge >= 0.3 is 0 Å². The highest BCUT2D eigenvalue weighted by Crippen LogP contribution is 2.55. The number of rotatable bonds is 11. The third kappa shape index (κ3) is 6.69. The van der Waals surface area contributed by atoms with Gasteiger partial charge in [-0.15, -0.1) is 0 Å². The molecule has 0 radical (unpaired) electrons. The normalized spacial score (nSPS) is 30.4. The Hall–Kier alpha value is -2.35. The third-order valence-corrected chi connectivity index (χ3v) is 9.43. The molecular formula is C31H48N4O4. The van der Waals surface area contributed by atoms with E-state index >= 15 is 0 Å². The maximum absolute atomic E-state index is 13.5. The maximum Gasteiger partial charge on any atom is 0.258 e. The number of aliphatic hydroxyl groups is 1. The van der Waals surface area contributed by atoms with E-state index < -0.39 is 11.1 Å². The minimum Gasteiger partial charge on any atom is -0.477 e. The zero-order valence-electron chi connectivity index (χ0n) is 24.2. The van der Waals surface area contributed by atoms with Gasteiger partial charge in [-0.2, -0.15) is 5.10 Å². The fourth-order valence-electron chi connectivity index (χ4n) is 7.80. The molecule has 1 aromatic rings. The fourth-order valence-corrected chi connectivity index (χ4v) is 7.80. The average molecular weight is 541 g/mol. The van der Waals surface area contributed by atoms with Crippen LogP contribution in [0.2, 0.25) is 0 Å². The Balaban J connectivity index is 1.25. The lowest BCUT2D eigenvalue weighted by atomic mass is 9.52. The number of hydrogen-bond acceptors (Lipinski definition) is 5. The van der Waals surface area contributed by atoms with Crippen LogP contribution in [0.4, 0.5) is 0 Å². The lowest BCUT2D eigenvalue weighted by Crippen LogP contribution is -2.61. The van der Waals surface area contributed by atoms with Gasteiger partial charge < -0.3 is 20.5 Å². The van der Waals surface area contributed by atoms with Crippen LogP contribution in [0, 0.1) is 29.6 Å². The summed E-state index contributed by atoms with van der Waals surface area (Å²) in [5.74, 6) is 2.54. The maximum atomic E-state index is 13.5. The van der Waals surface area contributed by atoms with Crippen molar-refractivity contribution in [2.75, 3.05) is 6.61 Å². The molecule has 2 atom stereocenters. The van der Waals surface area contributed by atoms with E-state index in [1.807, 2.05) is 19.9 Å². The molecule has 5 aliphatic rings. The van der Waals surface area contributed by atoms with Gasteiger partial charge in [-0.1, -0.05) is 39.5 Å². The van der Waals surface area contributed by atoms with E-state index in [-0.39, 0.29) is 23.8 Å². The number of nitrogens with one attached hydrogen (secondary N) is 2. The second-order valence-electron chi connectivity index (χ2n) is 14.0. The molecule has 0 aromatic carbocycles. The molecule has 0 saturated heterocycles. The summed E-state index contributed by atoms with van der Waals surface area (Å²) in [5, 5.41) is 21.8. The first-order chi connectivity index (χ1) is 18.5. The molecule has 1 aromatic heterocycles. The first-order valence-corrected chi connectivity index (χ1v) is 15.2. The molecule has 39 heavy (non-hydrogen) atoms. The number of aromatic nitrogens is 2. The second kappa shape index (κ2) is 11.3. The molecule has 8 heteroatoms. The summed E-state index contributed by atoms with van der Waals surface area (Å²) in [6.45, 7) is 8.52. The molecule has 5 fully saturated rings. The molecule has 0 aliphatic heterocycles. The Bertz CT molecular complexity index is 1050. The highest BCUT2D eigenvalue weighted by molar-refractivity contribution is 5.96. The summed E-state index contributed by atoms with van der Waals surface area (Å²) in [6.07, 6.45) is 16.5. The van der Waals surface area contributed by atoms with Crippen LogP contribution in [0.1, 0.15) is 109 Å². The molecule has 2 unspecified atom stereocenters. The van der Waals surface area contributed by atoms with Crippen LogP contribution in [0.5, 0.6) is 5.88 Å². The number of amides is 2. The van der Waals surface area contributed by atoms with Crippen molar-refractivity contribution >= 4 is 18.0 Å². The smallest absolute Gasteiger partial charge is 0.258 e. The molecular weight excluding hydrogens is 492 g/mol. The highest BCUT2D eigenvalue weighted by Gasteiger charge is 2.55. The number of carbonyl (C=O) groups is 2. The predicted molar refractivity (Wildman–Crippen MR) is 151 cm³/mol. The quantitative estimate of drug-likeness (QED) is 0.369. The molecule has 0 spiro atoms. The van der Waals surface area contributed by atoms with Crippen LogP contribution in [-0.4, -0.2) is 50.5 Å². The summed E-state index contributed by atoms with van der Waals surface area (Å²) < 4.78 is 7.72. The SMILES string of the molecule is CC(C)COc1c(C(=O)N[C@H]2C3CC4CC2C[C@](O)(C4)C3)cnn1/C=C/C(C)(C)NC(=O)CCC1CCCC1. The van der Waals surface area contributed by atoms with E-state index in [4.69, 9.17) is 4.74 Å². The van der Waals surface area contributed by atoms with Crippen LogP contribution in [0.25, 0.3) is 6.20 Å². The number of ether oxygens (including phenoxy) is 1. The Morgan fingerprint density at radius 3 is 2.54 bits per heavy atom. The van der Waals surface area contributed by atoms with Gasteiger partial charge in [0.1, 0.15) is 5.56 Å². The van der Waals surface area contributed by atoms with Crippen LogP contribution in [0.15, 0.2) is 12.3 Å². The van der Waals surface area contributed by atoms with Gasteiger partial charge in [0.15, 0.2) is 0 Å². The Labute approximate surface area is 233 Å². The van der Waals surface area contributed by atoms with Crippen LogP contribution < -0.4 is 15.4 Å². The van der Waals surface area contributed by atoms with Crippen molar-refractivity contribution in [1.82, 2.24) is 20.4 Å². The molecule has 8 nitrogen and oxygen atoms in total. The van der Waals surface area contributed by atoms with Gasteiger partial charge in [-0.05, 0) is 88.0 Å². The van der Waals surface area contributed by atoms with E-state index in [1.165, 1.54) is 25.7 Å². The first-order valence-electron chi connectivity index (χ1n) is 15.2. The minimum atomic E-state index is -0.572. The van der Waals surface area contributed by atoms with Crippen molar-refractivity contribution in [3.8, 4) is 5.88 Å².